The molecule has 4 heteroatoms. The molecule has 20 heavy (non-hydrogen) atoms. The van der Waals surface area contributed by atoms with Crippen molar-refractivity contribution >= 4 is 0 Å². The van der Waals surface area contributed by atoms with E-state index in [1.807, 2.05) is 37.7 Å². The van der Waals surface area contributed by atoms with E-state index in [9.17, 15) is 0 Å². The van der Waals surface area contributed by atoms with Crippen LogP contribution in [0, 0.1) is 0 Å². The van der Waals surface area contributed by atoms with Crippen molar-refractivity contribution in [1.29, 1.82) is 0 Å². The first-order valence-corrected chi connectivity index (χ1v) is 7.17. The van der Waals surface area contributed by atoms with Crippen molar-refractivity contribution in [2.45, 2.75) is 32.9 Å². The highest BCUT2D eigenvalue weighted by Gasteiger charge is 2.20. The van der Waals surface area contributed by atoms with Crippen molar-refractivity contribution in [1.82, 2.24) is 15.1 Å². The first-order chi connectivity index (χ1) is 9.65. The molecule has 1 aromatic heterocycles. The zero-order valence-corrected chi connectivity index (χ0v) is 12.3. The van der Waals surface area contributed by atoms with E-state index in [0.717, 1.165) is 25.3 Å². The molecule has 1 aromatic carbocycles. The Kier molecular flexibility index (Phi) is 3.49. The second-order valence-corrected chi connectivity index (χ2v) is 5.52. The van der Waals surface area contributed by atoms with Gasteiger partial charge in [-0.05, 0) is 38.9 Å². The van der Waals surface area contributed by atoms with Gasteiger partial charge in [-0.1, -0.05) is 12.1 Å². The summed E-state index contributed by atoms with van der Waals surface area (Å²) in [4.78, 5) is 0. The number of nitrogens with zero attached hydrogens (tertiary/aromatic N) is 2. The van der Waals surface area contributed by atoms with E-state index in [0.29, 0.717) is 0 Å². The maximum atomic E-state index is 5.79. The fourth-order valence-corrected chi connectivity index (χ4v) is 2.80. The highest BCUT2D eigenvalue weighted by atomic mass is 16.5. The van der Waals surface area contributed by atoms with E-state index in [-0.39, 0.29) is 6.10 Å². The third-order valence-corrected chi connectivity index (χ3v) is 3.55. The van der Waals surface area contributed by atoms with Gasteiger partial charge in [-0.25, -0.2) is 0 Å². The van der Waals surface area contributed by atoms with Gasteiger partial charge < -0.3 is 10.1 Å². The minimum atomic E-state index is 0.190. The standard InChI is InChI=1S/C16H21N3O/c1-11(2)20-13-6-4-5-12(9-13)16-14-7-8-17-10-15(14)18-19(16)3/h4-6,9,11,17H,7-8,10H2,1-3H3. The molecule has 4 nitrogen and oxygen atoms in total. The van der Waals surface area contributed by atoms with Crippen LogP contribution in [0.25, 0.3) is 11.3 Å². The van der Waals surface area contributed by atoms with E-state index >= 15 is 0 Å². The van der Waals surface area contributed by atoms with Crippen LogP contribution in [0.3, 0.4) is 0 Å². The Morgan fingerprint density at radius 3 is 3.00 bits per heavy atom. The predicted molar refractivity (Wildman–Crippen MR) is 79.8 cm³/mol. The summed E-state index contributed by atoms with van der Waals surface area (Å²) in [5.41, 5.74) is 4.94. The maximum Gasteiger partial charge on any atom is 0.120 e. The second-order valence-electron chi connectivity index (χ2n) is 5.52. The minimum Gasteiger partial charge on any atom is -0.491 e. The number of benzene rings is 1. The molecule has 0 saturated carbocycles. The number of aromatic nitrogens is 2. The van der Waals surface area contributed by atoms with Crippen molar-refractivity contribution in [2.24, 2.45) is 7.05 Å². The molecule has 0 atom stereocenters. The van der Waals surface area contributed by atoms with Gasteiger partial charge in [-0.3, -0.25) is 4.68 Å². The second kappa shape index (κ2) is 5.29. The smallest absolute Gasteiger partial charge is 0.120 e. The predicted octanol–water partition coefficient (Wildman–Crippen LogP) is 2.52. The summed E-state index contributed by atoms with van der Waals surface area (Å²) in [6, 6.07) is 8.30. The summed E-state index contributed by atoms with van der Waals surface area (Å²) in [6.45, 7) is 5.98. The van der Waals surface area contributed by atoms with E-state index in [2.05, 4.69) is 22.5 Å². The molecular weight excluding hydrogens is 250 g/mol. The van der Waals surface area contributed by atoms with Gasteiger partial charge in [0, 0.05) is 24.7 Å². The lowest BCUT2D eigenvalue weighted by atomic mass is 10.0. The monoisotopic (exact) mass is 271 g/mol. The fourth-order valence-electron chi connectivity index (χ4n) is 2.80. The Morgan fingerprint density at radius 2 is 2.20 bits per heavy atom. The molecule has 2 heterocycles. The summed E-state index contributed by atoms with van der Waals surface area (Å²) in [5.74, 6) is 0.918. The van der Waals surface area contributed by atoms with Crippen LogP contribution in [0.15, 0.2) is 24.3 Å². The maximum absolute atomic E-state index is 5.79. The zero-order valence-electron chi connectivity index (χ0n) is 12.3. The van der Waals surface area contributed by atoms with Crippen LogP contribution in [0.5, 0.6) is 5.75 Å². The summed E-state index contributed by atoms with van der Waals surface area (Å²) in [5, 5.41) is 8.00. The molecule has 0 spiro atoms. The number of aryl methyl sites for hydroxylation is 1. The molecule has 1 N–H and O–H groups in total. The number of rotatable bonds is 3. The average Bonchev–Trinajstić information content (AvgIpc) is 2.74. The highest BCUT2D eigenvalue weighted by Crippen LogP contribution is 2.30. The van der Waals surface area contributed by atoms with Gasteiger partial charge in [0.15, 0.2) is 0 Å². The Hall–Kier alpha value is -1.81. The Balaban J connectivity index is 2.02. The van der Waals surface area contributed by atoms with Crippen LogP contribution in [0.2, 0.25) is 0 Å². The topological polar surface area (TPSA) is 39.1 Å². The van der Waals surface area contributed by atoms with Crippen LogP contribution in [0.1, 0.15) is 25.1 Å². The summed E-state index contributed by atoms with van der Waals surface area (Å²) < 4.78 is 7.79. The molecular formula is C16H21N3O. The van der Waals surface area contributed by atoms with Gasteiger partial charge in [-0.15, -0.1) is 0 Å². The van der Waals surface area contributed by atoms with Crippen molar-refractivity contribution in [3.8, 4) is 17.0 Å². The van der Waals surface area contributed by atoms with Crippen LogP contribution in [-0.4, -0.2) is 22.4 Å². The quantitative estimate of drug-likeness (QED) is 0.932. The molecule has 2 aromatic rings. The molecule has 0 amide bonds. The van der Waals surface area contributed by atoms with Gasteiger partial charge in [0.05, 0.1) is 17.5 Å². The number of nitrogens with one attached hydrogen (secondary N) is 1. The lowest BCUT2D eigenvalue weighted by Gasteiger charge is -2.14. The van der Waals surface area contributed by atoms with Gasteiger partial charge in [0.1, 0.15) is 5.75 Å². The fraction of sp³-hybridized carbons (Fsp3) is 0.438. The van der Waals surface area contributed by atoms with E-state index in [1.165, 1.54) is 22.5 Å². The minimum absolute atomic E-state index is 0.190. The molecule has 106 valence electrons. The first kappa shape index (κ1) is 13.2. The molecule has 3 rings (SSSR count). The van der Waals surface area contributed by atoms with E-state index in [1.54, 1.807) is 0 Å². The molecule has 1 aliphatic rings. The summed E-state index contributed by atoms with van der Waals surface area (Å²) >= 11 is 0. The lowest BCUT2D eigenvalue weighted by Crippen LogP contribution is -2.23. The highest BCUT2D eigenvalue weighted by molar-refractivity contribution is 5.66. The molecule has 1 aliphatic heterocycles. The number of hydrogen-bond donors (Lipinski definition) is 1. The number of ether oxygens (including phenoxy) is 1. The van der Waals surface area contributed by atoms with Gasteiger partial charge in [0.25, 0.3) is 0 Å². The molecule has 0 bridgehead atoms. The lowest BCUT2D eigenvalue weighted by molar-refractivity contribution is 0.242. The van der Waals surface area contributed by atoms with Crippen LogP contribution in [-0.2, 0) is 20.0 Å². The Morgan fingerprint density at radius 1 is 1.35 bits per heavy atom. The van der Waals surface area contributed by atoms with Crippen molar-refractivity contribution in [2.75, 3.05) is 6.54 Å². The number of hydrogen-bond acceptors (Lipinski definition) is 3. The van der Waals surface area contributed by atoms with Crippen LogP contribution < -0.4 is 10.1 Å². The molecule has 0 unspecified atom stereocenters. The Labute approximate surface area is 119 Å². The summed E-state index contributed by atoms with van der Waals surface area (Å²) in [6.07, 6.45) is 1.23. The summed E-state index contributed by atoms with van der Waals surface area (Å²) in [7, 11) is 2.02. The number of fused-ring (bicyclic) bond motifs is 1. The first-order valence-electron chi connectivity index (χ1n) is 7.17. The van der Waals surface area contributed by atoms with E-state index < -0.39 is 0 Å². The van der Waals surface area contributed by atoms with Gasteiger partial charge >= 0.3 is 0 Å². The third kappa shape index (κ3) is 2.43. The van der Waals surface area contributed by atoms with Crippen molar-refractivity contribution in [3.63, 3.8) is 0 Å². The largest absolute Gasteiger partial charge is 0.491 e. The molecule has 0 saturated heterocycles. The van der Waals surface area contributed by atoms with Crippen LogP contribution >= 0.6 is 0 Å². The normalized spacial score (nSPS) is 14.4. The van der Waals surface area contributed by atoms with Crippen molar-refractivity contribution < 1.29 is 4.74 Å². The Bertz CT molecular complexity index is 616. The third-order valence-electron chi connectivity index (χ3n) is 3.55. The van der Waals surface area contributed by atoms with E-state index in [4.69, 9.17) is 4.74 Å². The SMILES string of the molecule is CC(C)Oc1cccc(-c2c3c(nn2C)CNCC3)c1. The van der Waals surface area contributed by atoms with Crippen LogP contribution in [0.4, 0.5) is 0 Å². The molecule has 0 aliphatic carbocycles. The zero-order chi connectivity index (χ0) is 14.1. The molecule has 0 radical (unpaired) electrons. The van der Waals surface area contributed by atoms with Gasteiger partial charge in [-0.2, -0.15) is 5.10 Å². The van der Waals surface area contributed by atoms with Gasteiger partial charge in [0.2, 0.25) is 0 Å². The van der Waals surface area contributed by atoms with Crippen molar-refractivity contribution in [3.05, 3.63) is 35.5 Å². The molecule has 0 fully saturated rings. The average molecular weight is 271 g/mol.